The molecule has 0 bridgehead atoms. The number of benzene rings is 2. The second-order valence-corrected chi connectivity index (χ2v) is 6.32. The van der Waals surface area contributed by atoms with Gasteiger partial charge in [0.05, 0.1) is 0 Å². The van der Waals surface area contributed by atoms with Crippen molar-refractivity contribution in [2.45, 2.75) is 52.4 Å². The Bertz CT molecular complexity index is 673. The quantitative estimate of drug-likeness (QED) is 0.593. The van der Waals surface area contributed by atoms with E-state index in [0.29, 0.717) is 11.1 Å². The Balaban J connectivity index is 2.56. The largest absolute Gasteiger partial charge is 0.504 e. The predicted octanol–water partition coefficient (Wildman–Crippen LogP) is 4.81. The molecule has 0 amide bonds. The Kier molecular flexibility index (Phi) is 5.27. The van der Waals surface area contributed by atoms with E-state index in [0.717, 1.165) is 24.0 Å². The summed E-state index contributed by atoms with van der Waals surface area (Å²) in [7, 11) is 0. The van der Waals surface area contributed by atoms with Crippen LogP contribution in [0.15, 0.2) is 24.3 Å². The molecule has 0 radical (unpaired) electrons. The van der Waals surface area contributed by atoms with E-state index < -0.39 is 0 Å². The first-order valence-corrected chi connectivity index (χ1v) is 8.36. The SMILES string of the molecule is CCC(c1ccc(O)c(O)c1C)C(CC)c1ccc(O)c(O)c1C. The lowest BCUT2D eigenvalue weighted by atomic mass is 9.75. The standard InChI is InChI=1S/C20H26O4/c1-5-13(15-7-9-17(21)19(23)11(15)3)14(6-2)16-8-10-18(22)20(24)12(16)4/h7-10,13-14,21-24H,5-6H2,1-4H3. The van der Waals surface area contributed by atoms with Crippen LogP contribution in [0.5, 0.6) is 23.0 Å². The van der Waals surface area contributed by atoms with Gasteiger partial charge in [-0.1, -0.05) is 26.0 Å². The molecular formula is C20H26O4. The van der Waals surface area contributed by atoms with Gasteiger partial charge in [-0.2, -0.15) is 0 Å². The topological polar surface area (TPSA) is 80.9 Å². The molecular weight excluding hydrogens is 304 g/mol. The summed E-state index contributed by atoms with van der Waals surface area (Å²) in [5.41, 5.74) is 3.35. The van der Waals surface area contributed by atoms with Gasteiger partial charge in [0.1, 0.15) is 0 Å². The summed E-state index contributed by atoms with van der Waals surface area (Å²) in [6.45, 7) is 7.79. The molecule has 0 fully saturated rings. The van der Waals surface area contributed by atoms with E-state index in [9.17, 15) is 20.4 Å². The lowest BCUT2D eigenvalue weighted by Crippen LogP contribution is -2.13. The lowest BCUT2D eigenvalue weighted by molar-refractivity contribution is 0.395. The van der Waals surface area contributed by atoms with Crippen LogP contribution in [0.4, 0.5) is 0 Å². The van der Waals surface area contributed by atoms with Crippen molar-refractivity contribution < 1.29 is 20.4 Å². The minimum absolute atomic E-state index is 0.0777. The summed E-state index contributed by atoms with van der Waals surface area (Å²) in [5, 5.41) is 39.5. The van der Waals surface area contributed by atoms with Crippen LogP contribution < -0.4 is 0 Å². The van der Waals surface area contributed by atoms with Crippen LogP contribution in [0, 0.1) is 13.8 Å². The van der Waals surface area contributed by atoms with Crippen LogP contribution in [0.1, 0.15) is 60.8 Å². The van der Waals surface area contributed by atoms with Gasteiger partial charge in [-0.05, 0) is 72.9 Å². The molecule has 2 aromatic carbocycles. The summed E-state index contributed by atoms with van der Waals surface area (Å²) in [6, 6.07) is 6.76. The van der Waals surface area contributed by atoms with Crippen LogP contribution in [0.3, 0.4) is 0 Å². The highest BCUT2D eigenvalue weighted by Crippen LogP contribution is 2.45. The number of phenolic OH excluding ortho intramolecular Hbond substituents is 4. The second kappa shape index (κ2) is 7.04. The van der Waals surface area contributed by atoms with Crippen molar-refractivity contribution in [1.29, 1.82) is 0 Å². The lowest BCUT2D eigenvalue weighted by Gasteiger charge is -2.29. The van der Waals surface area contributed by atoms with E-state index in [2.05, 4.69) is 13.8 Å². The Hall–Kier alpha value is -2.36. The average molecular weight is 330 g/mol. The third-order valence-electron chi connectivity index (χ3n) is 5.07. The highest BCUT2D eigenvalue weighted by atomic mass is 16.3. The third-order valence-corrected chi connectivity index (χ3v) is 5.07. The molecule has 24 heavy (non-hydrogen) atoms. The molecule has 0 aromatic heterocycles. The zero-order chi connectivity index (χ0) is 18.0. The van der Waals surface area contributed by atoms with Crippen LogP contribution in [0.25, 0.3) is 0 Å². The van der Waals surface area contributed by atoms with Gasteiger partial charge in [0.25, 0.3) is 0 Å². The number of hydrogen-bond acceptors (Lipinski definition) is 4. The molecule has 0 aliphatic heterocycles. The van der Waals surface area contributed by atoms with E-state index in [1.54, 1.807) is 13.8 Å². The van der Waals surface area contributed by atoms with Gasteiger partial charge < -0.3 is 20.4 Å². The number of aromatic hydroxyl groups is 4. The predicted molar refractivity (Wildman–Crippen MR) is 95.1 cm³/mol. The van der Waals surface area contributed by atoms with Crippen molar-refractivity contribution in [3.05, 3.63) is 46.5 Å². The first-order valence-electron chi connectivity index (χ1n) is 8.36. The van der Waals surface area contributed by atoms with Gasteiger partial charge >= 0.3 is 0 Å². The van der Waals surface area contributed by atoms with Gasteiger partial charge in [0.15, 0.2) is 23.0 Å². The summed E-state index contributed by atoms with van der Waals surface area (Å²) >= 11 is 0. The van der Waals surface area contributed by atoms with Crippen LogP contribution in [0.2, 0.25) is 0 Å². The molecule has 2 atom stereocenters. The van der Waals surface area contributed by atoms with E-state index in [4.69, 9.17) is 0 Å². The molecule has 4 nitrogen and oxygen atoms in total. The molecule has 0 aliphatic rings. The smallest absolute Gasteiger partial charge is 0.160 e. The third kappa shape index (κ3) is 3.01. The number of hydrogen-bond donors (Lipinski definition) is 4. The van der Waals surface area contributed by atoms with Crippen LogP contribution >= 0.6 is 0 Å². The minimum Gasteiger partial charge on any atom is -0.504 e. The molecule has 2 aromatic rings. The summed E-state index contributed by atoms with van der Waals surface area (Å²) in [4.78, 5) is 0. The molecule has 2 unspecified atom stereocenters. The van der Waals surface area contributed by atoms with E-state index in [1.807, 2.05) is 12.1 Å². The minimum atomic E-state index is -0.113. The van der Waals surface area contributed by atoms with Crippen LogP contribution in [-0.4, -0.2) is 20.4 Å². The normalized spacial score (nSPS) is 13.7. The maximum atomic E-state index is 10.1. The highest BCUT2D eigenvalue weighted by molar-refractivity contribution is 5.52. The van der Waals surface area contributed by atoms with Crippen LogP contribution in [-0.2, 0) is 0 Å². The fourth-order valence-corrected chi connectivity index (χ4v) is 3.65. The Labute approximate surface area is 143 Å². The van der Waals surface area contributed by atoms with Crippen molar-refractivity contribution in [2.24, 2.45) is 0 Å². The zero-order valence-corrected chi connectivity index (χ0v) is 14.7. The van der Waals surface area contributed by atoms with Crippen molar-refractivity contribution >= 4 is 0 Å². The fourth-order valence-electron chi connectivity index (χ4n) is 3.65. The maximum absolute atomic E-state index is 10.1. The molecule has 130 valence electrons. The first-order chi connectivity index (χ1) is 11.3. The van der Waals surface area contributed by atoms with Gasteiger partial charge in [-0.3, -0.25) is 0 Å². The monoisotopic (exact) mass is 330 g/mol. The van der Waals surface area contributed by atoms with Gasteiger partial charge in [-0.15, -0.1) is 0 Å². The van der Waals surface area contributed by atoms with E-state index in [1.165, 1.54) is 12.1 Å². The molecule has 0 saturated carbocycles. The zero-order valence-electron chi connectivity index (χ0n) is 14.7. The molecule has 4 N–H and O–H groups in total. The van der Waals surface area contributed by atoms with E-state index in [-0.39, 0.29) is 34.8 Å². The van der Waals surface area contributed by atoms with E-state index >= 15 is 0 Å². The molecule has 4 heteroatoms. The first kappa shape index (κ1) is 18.0. The molecule has 0 saturated heterocycles. The highest BCUT2D eigenvalue weighted by Gasteiger charge is 2.27. The fraction of sp³-hybridized carbons (Fsp3) is 0.400. The van der Waals surface area contributed by atoms with Gasteiger partial charge in [-0.25, -0.2) is 0 Å². The Morgan fingerprint density at radius 2 is 1.00 bits per heavy atom. The number of phenols is 4. The molecule has 0 aliphatic carbocycles. The van der Waals surface area contributed by atoms with Crippen molar-refractivity contribution in [2.75, 3.05) is 0 Å². The Morgan fingerprint density at radius 1 is 0.667 bits per heavy atom. The summed E-state index contributed by atoms with van der Waals surface area (Å²) in [6.07, 6.45) is 1.70. The summed E-state index contributed by atoms with van der Waals surface area (Å²) in [5.74, 6) is -0.124. The number of rotatable bonds is 5. The molecule has 0 heterocycles. The second-order valence-electron chi connectivity index (χ2n) is 6.32. The maximum Gasteiger partial charge on any atom is 0.160 e. The Morgan fingerprint density at radius 3 is 1.29 bits per heavy atom. The summed E-state index contributed by atoms with van der Waals surface area (Å²) < 4.78 is 0. The van der Waals surface area contributed by atoms with Gasteiger partial charge in [0.2, 0.25) is 0 Å². The van der Waals surface area contributed by atoms with Crippen molar-refractivity contribution in [1.82, 2.24) is 0 Å². The average Bonchev–Trinajstić information content (AvgIpc) is 2.57. The molecule has 2 rings (SSSR count). The van der Waals surface area contributed by atoms with Gasteiger partial charge in [0, 0.05) is 0 Å². The molecule has 0 spiro atoms. The van der Waals surface area contributed by atoms with Crippen molar-refractivity contribution in [3.8, 4) is 23.0 Å². The van der Waals surface area contributed by atoms with Crippen molar-refractivity contribution in [3.63, 3.8) is 0 Å².